The number of nitrogens with one attached hydrogen (secondary N) is 1. The Morgan fingerprint density at radius 2 is 1.84 bits per heavy atom. The van der Waals surface area contributed by atoms with E-state index in [1.54, 1.807) is 53.0 Å². The van der Waals surface area contributed by atoms with Gasteiger partial charge in [0.05, 0.1) is 16.7 Å². The van der Waals surface area contributed by atoms with Crippen LogP contribution in [0.15, 0.2) is 69.6 Å². The Balaban J connectivity index is 1.67. The fourth-order valence-electron chi connectivity index (χ4n) is 2.42. The van der Waals surface area contributed by atoms with Crippen molar-refractivity contribution < 1.29 is 13.2 Å². The van der Waals surface area contributed by atoms with Gasteiger partial charge < -0.3 is 5.32 Å². The average molecular weight is 392 g/mol. The number of benzene rings is 1. The summed E-state index contributed by atoms with van der Waals surface area (Å²) in [6.45, 7) is 0. The molecule has 130 valence electrons. The highest BCUT2D eigenvalue weighted by molar-refractivity contribution is 7.91. The van der Waals surface area contributed by atoms with Crippen molar-refractivity contribution >= 4 is 38.4 Å². The first-order valence-electron chi connectivity index (χ1n) is 7.69. The second-order valence-electron chi connectivity index (χ2n) is 5.45. The van der Waals surface area contributed by atoms with Gasteiger partial charge in [0.1, 0.15) is 0 Å². The maximum absolute atomic E-state index is 12.4. The van der Waals surface area contributed by atoms with E-state index in [1.165, 1.54) is 0 Å². The molecule has 0 spiro atoms. The number of sulfone groups is 1. The quantitative estimate of drug-likeness (QED) is 0.665. The summed E-state index contributed by atoms with van der Waals surface area (Å²) >= 11 is 3.13. The Morgan fingerprint density at radius 3 is 2.48 bits per heavy atom. The van der Waals surface area contributed by atoms with E-state index in [0.29, 0.717) is 0 Å². The highest BCUT2D eigenvalue weighted by Crippen LogP contribution is 2.27. The van der Waals surface area contributed by atoms with Crippen molar-refractivity contribution in [3.8, 4) is 0 Å². The minimum atomic E-state index is -3.45. The normalized spacial score (nSPS) is 12.6. The molecule has 4 nitrogen and oxygen atoms in total. The Kier molecular flexibility index (Phi) is 5.67. The van der Waals surface area contributed by atoms with Crippen LogP contribution in [0.5, 0.6) is 0 Å². The number of carbonyl (C=O) groups is 1. The third-order valence-corrected chi connectivity index (χ3v) is 7.08. The van der Waals surface area contributed by atoms with Gasteiger partial charge in [-0.1, -0.05) is 24.3 Å². The van der Waals surface area contributed by atoms with Crippen molar-refractivity contribution in [3.05, 3.63) is 75.1 Å². The van der Waals surface area contributed by atoms with Gasteiger partial charge in [-0.2, -0.15) is 11.3 Å². The Labute approximate surface area is 155 Å². The molecule has 3 rings (SSSR count). The second-order valence-corrected chi connectivity index (χ2v) is 9.32. The van der Waals surface area contributed by atoms with Crippen LogP contribution in [0.2, 0.25) is 0 Å². The lowest BCUT2D eigenvalue weighted by atomic mass is 10.1. The molecule has 0 aliphatic heterocycles. The monoisotopic (exact) mass is 391 g/mol. The number of thiophene rings is 2. The molecule has 0 aliphatic rings. The van der Waals surface area contributed by atoms with E-state index in [4.69, 9.17) is 0 Å². The van der Waals surface area contributed by atoms with Gasteiger partial charge in [-0.3, -0.25) is 4.79 Å². The smallest absolute Gasteiger partial charge is 0.221 e. The number of hydrogen-bond donors (Lipinski definition) is 1. The van der Waals surface area contributed by atoms with E-state index in [0.717, 1.165) is 10.4 Å². The zero-order valence-corrected chi connectivity index (χ0v) is 15.7. The summed E-state index contributed by atoms with van der Waals surface area (Å²) in [7, 11) is -3.45. The first kappa shape index (κ1) is 17.8. The van der Waals surface area contributed by atoms with Crippen LogP contribution < -0.4 is 5.32 Å². The van der Waals surface area contributed by atoms with Crippen molar-refractivity contribution in [2.75, 3.05) is 5.75 Å². The minimum Gasteiger partial charge on any atom is -0.344 e. The topological polar surface area (TPSA) is 63.2 Å². The molecule has 0 saturated carbocycles. The van der Waals surface area contributed by atoms with Crippen LogP contribution in [0.1, 0.15) is 22.9 Å². The van der Waals surface area contributed by atoms with Gasteiger partial charge in [-0.15, -0.1) is 11.3 Å². The average Bonchev–Trinajstić information content (AvgIpc) is 3.32. The molecule has 25 heavy (non-hydrogen) atoms. The van der Waals surface area contributed by atoms with E-state index >= 15 is 0 Å². The van der Waals surface area contributed by atoms with E-state index in [9.17, 15) is 13.2 Å². The number of rotatable bonds is 7. The molecule has 1 atom stereocenters. The van der Waals surface area contributed by atoms with Gasteiger partial charge in [-0.25, -0.2) is 8.42 Å². The summed E-state index contributed by atoms with van der Waals surface area (Å²) in [5, 5.41) is 8.87. The first-order chi connectivity index (χ1) is 12.1. The fourth-order valence-corrected chi connectivity index (χ4v) is 5.17. The molecule has 1 N–H and O–H groups in total. The molecule has 0 unspecified atom stereocenters. The van der Waals surface area contributed by atoms with Gasteiger partial charge >= 0.3 is 0 Å². The van der Waals surface area contributed by atoms with Crippen LogP contribution in [-0.4, -0.2) is 20.1 Å². The predicted octanol–water partition coefficient (Wildman–Crippen LogP) is 3.88. The molecule has 3 aromatic rings. The summed E-state index contributed by atoms with van der Waals surface area (Å²) in [5.74, 6) is -0.479. The van der Waals surface area contributed by atoms with Crippen LogP contribution in [0.4, 0.5) is 0 Å². The lowest BCUT2D eigenvalue weighted by molar-refractivity contribution is -0.121. The molecule has 0 radical (unpaired) electrons. The van der Waals surface area contributed by atoms with E-state index in [2.05, 4.69) is 5.32 Å². The Hall–Kier alpha value is -1.96. The van der Waals surface area contributed by atoms with Crippen molar-refractivity contribution in [1.29, 1.82) is 0 Å². The molecule has 2 heterocycles. The van der Waals surface area contributed by atoms with Crippen LogP contribution in [-0.2, 0) is 14.6 Å². The third kappa shape index (κ3) is 4.56. The zero-order chi connectivity index (χ0) is 17.7. The van der Waals surface area contributed by atoms with Gasteiger partial charge in [-0.05, 0) is 46.0 Å². The highest BCUT2D eigenvalue weighted by Gasteiger charge is 2.21. The third-order valence-electron chi connectivity index (χ3n) is 3.71. The maximum Gasteiger partial charge on any atom is 0.221 e. The molecule has 0 bridgehead atoms. The van der Waals surface area contributed by atoms with Crippen LogP contribution in [0.3, 0.4) is 0 Å². The standard InChI is InChI=1S/C18H17NO3S3/c20-17(9-12-25(21,22)15-5-2-1-3-6-15)19-18(14-8-11-23-13-14)16-7-4-10-24-16/h1-8,10-11,13,18H,9,12H2,(H,19,20)/t18-/m0/s1. The lowest BCUT2D eigenvalue weighted by Gasteiger charge is -2.16. The molecule has 0 fully saturated rings. The van der Waals surface area contributed by atoms with Gasteiger partial charge in [0.2, 0.25) is 5.91 Å². The Bertz CT molecular complexity index is 868. The number of carbonyl (C=O) groups excluding carboxylic acids is 1. The van der Waals surface area contributed by atoms with Crippen molar-refractivity contribution in [3.63, 3.8) is 0 Å². The molecule has 1 amide bonds. The van der Waals surface area contributed by atoms with E-state index in [1.807, 2.05) is 34.3 Å². The summed E-state index contributed by atoms with van der Waals surface area (Å²) in [4.78, 5) is 13.6. The SMILES string of the molecule is O=C(CCS(=O)(=O)c1ccccc1)N[C@@H](c1ccsc1)c1cccs1. The van der Waals surface area contributed by atoms with Crippen molar-refractivity contribution in [2.24, 2.45) is 0 Å². The Morgan fingerprint density at radius 1 is 1.04 bits per heavy atom. The van der Waals surface area contributed by atoms with E-state index in [-0.39, 0.29) is 29.0 Å². The van der Waals surface area contributed by atoms with Crippen LogP contribution >= 0.6 is 22.7 Å². The highest BCUT2D eigenvalue weighted by atomic mass is 32.2. The van der Waals surface area contributed by atoms with Gasteiger partial charge in [0.25, 0.3) is 0 Å². The first-order valence-corrected chi connectivity index (χ1v) is 11.2. The summed E-state index contributed by atoms with van der Waals surface area (Å²) in [5.41, 5.74) is 1.01. The molecule has 2 aromatic heterocycles. The van der Waals surface area contributed by atoms with Crippen molar-refractivity contribution in [2.45, 2.75) is 17.4 Å². The summed E-state index contributed by atoms with van der Waals surface area (Å²) in [6.07, 6.45) is -0.0662. The zero-order valence-electron chi connectivity index (χ0n) is 13.3. The maximum atomic E-state index is 12.4. The molecule has 0 aliphatic carbocycles. The molecular weight excluding hydrogens is 374 g/mol. The molecule has 7 heteroatoms. The van der Waals surface area contributed by atoms with E-state index < -0.39 is 9.84 Å². The molecule has 0 saturated heterocycles. The van der Waals surface area contributed by atoms with Gasteiger partial charge in [0, 0.05) is 11.3 Å². The largest absolute Gasteiger partial charge is 0.344 e. The summed E-state index contributed by atoms with van der Waals surface area (Å²) in [6, 6.07) is 13.8. The summed E-state index contributed by atoms with van der Waals surface area (Å²) < 4.78 is 24.6. The number of hydrogen-bond acceptors (Lipinski definition) is 5. The van der Waals surface area contributed by atoms with Crippen molar-refractivity contribution in [1.82, 2.24) is 5.32 Å². The van der Waals surface area contributed by atoms with Gasteiger partial charge in [0.15, 0.2) is 9.84 Å². The molecule has 1 aromatic carbocycles. The second kappa shape index (κ2) is 7.95. The number of amides is 1. The minimum absolute atomic E-state index is 0.0662. The molecular formula is C18H17NO3S3. The predicted molar refractivity (Wildman–Crippen MR) is 102 cm³/mol. The van der Waals surface area contributed by atoms with Crippen LogP contribution in [0, 0.1) is 0 Å². The van der Waals surface area contributed by atoms with Crippen LogP contribution in [0.25, 0.3) is 0 Å². The fraction of sp³-hybridized carbons (Fsp3) is 0.167. The lowest BCUT2D eigenvalue weighted by Crippen LogP contribution is -2.30.